The molecular weight excluding hydrogens is 343 g/mol. The third-order valence-corrected chi connectivity index (χ3v) is 3.91. The highest BCUT2D eigenvalue weighted by Crippen LogP contribution is 2.25. The molecule has 2 unspecified atom stereocenters. The molecule has 0 aliphatic carbocycles. The van der Waals surface area contributed by atoms with Crippen molar-refractivity contribution in [3.63, 3.8) is 0 Å². The van der Waals surface area contributed by atoms with E-state index >= 15 is 0 Å². The van der Waals surface area contributed by atoms with E-state index in [1.54, 1.807) is 13.8 Å². The van der Waals surface area contributed by atoms with Gasteiger partial charge in [-0.3, -0.25) is 0 Å². The molecule has 0 aliphatic heterocycles. The average Bonchev–Trinajstić information content (AvgIpc) is 2.24. The Hall–Kier alpha value is -0.370. The number of halogens is 1. The van der Waals surface area contributed by atoms with Crippen LogP contribution >= 0.6 is 22.6 Å². The lowest BCUT2D eigenvalue weighted by atomic mass is 10.2. The highest BCUT2D eigenvalue weighted by molar-refractivity contribution is 14.1. The van der Waals surface area contributed by atoms with Crippen molar-refractivity contribution in [1.82, 2.24) is 0 Å². The first-order chi connectivity index (χ1) is 8.30. The summed E-state index contributed by atoms with van der Waals surface area (Å²) in [7, 11) is 0. The minimum atomic E-state index is -0.720. The van der Waals surface area contributed by atoms with Gasteiger partial charge in [0.25, 0.3) is 0 Å². The molecule has 1 aromatic rings. The van der Waals surface area contributed by atoms with Crippen LogP contribution in [-0.4, -0.2) is 33.3 Å². The van der Waals surface area contributed by atoms with Crippen LogP contribution < -0.4 is 5.43 Å². The van der Waals surface area contributed by atoms with Gasteiger partial charge in [-0.25, -0.2) is 5.43 Å². The van der Waals surface area contributed by atoms with Crippen LogP contribution in [-0.2, 0) is 0 Å². The Kier molecular flexibility index (Phi) is 5.39. The van der Waals surface area contributed by atoms with Gasteiger partial charge in [0.1, 0.15) is 6.04 Å². The van der Waals surface area contributed by atoms with Gasteiger partial charge >= 0.3 is 0 Å². The maximum absolute atomic E-state index is 10.1. The Balaban J connectivity index is 3.12. The summed E-state index contributed by atoms with van der Waals surface area (Å²) in [6.07, 6.45) is -1.44. The summed E-state index contributed by atoms with van der Waals surface area (Å²) in [6, 6.07) is 7.90. The molecule has 0 amide bonds. The molecule has 0 saturated heterocycles. The first-order valence-corrected chi connectivity index (χ1v) is 7.16. The average molecular weight is 365 g/mol. The standard InChI is InChI=1S/C13H22IN2O2/c1-9(2)16(10(3)17,11(4)18)15-13-7-5-6-12(14)8-13/h5-11,15,17-18H,1-4H3/q+1. The summed E-state index contributed by atoms with van der Waals surface area (Å²) in [5.74, 6) is 0. The summed E-state index contributed by atoms with van der Waals surface area (Å²) in [5.41, 5.74) is 4.15. The fourth-order valence-corrected chi connectivity index (χ4v) is 2.82. The lowest BCUT2D eigenvalue weighted by Gasteiger charge is -2.45. The SMILES string of the molecule is CC(C)[N+](Nc1cccc(I)c1)(C(C)O)C(C)O. The third kappa shape index (κ3) is 3.14. The van der Waals surface area contributed by atoms with E-state index in [4.69, 9.17) is 0 Å². The van der Waals surface area contributed by atoms with Crippen LogP contribution in [0.4, 0.5) is 5.69 Å². The molecular formula is C13H22IN2O2+. The number of rotatable bonds is 5. The van der Waals surface area contributed by atoms with Crippen LogP contribution in [0.15, 0.2) is 24.3 Å². The zero-order chi connectivity index (χ0) is 13.9. The van der Waals surface area contributed by atoms with Crippen molar-refractivity contribution in [3.05, 3.63) is 27.8 Å². The molecule has 1 aromatic carbocycles. The molecule has 0 fully saturated rings. The fraction of sp³-hybridized carbons (Fsp3) is 0.538. The van der Waals surface area contributed by atoms with Crippen LogP contribution in [0.2, 0.25) is 0 Å². The molecule has 4 nitrogen and oxygen atoms in total. The molecule has 2 atom stereocenters. The van der Waals surface area contributed by atoms with E-state index in [1.165, 1.54) is 0 Å². The zero-order valence-electron chi connectivity index (χ0n) is 11.3. The Morgan fingerprint density at radius 3 is 2.06 bits per heavy atom. The van der Waals surface area contributed by atoms with Crippen molar-refractivity contribution >= 4 is 28.3 Å². The quantitative estimate of drug-likeness (QED) is 0.325. The number of quaternary nitrogens is 1. The van der Waals surface area contributed by atoms with Crippen molar-refractivity contribution in [2.45, 2.75) is 46.2 Å². The van der Waals surface area contributed by atoms with E-state index in [-0.39, 0.29) is 10.6 Å². The van der Waals surface area contributed by atoms with Gasteiger partial charge in [-0.05, 0) is 54.6 Å². The Bertz CT molecular complexity index is 373. The number of aliphatic hydroxyl groups is 2. The smallest absolute Gasteiger partial charge is 0.212 e. The largest absolute Gasteiger partial charge is 0.343 e. The number of anilines is 1. The number of benzene rings is 1. The highest BCUT2D eigenvalue weighted by Gasteiger charge is 2.42. The summed E-state index contributed by atoms with van der Waals surface area (Å²) in [4.78, 5) is 0. The number of nitrogens with one attached hydrogen (secondary N) is 1. The van der Waals surface area contributed by atoms with Gasteiger partial charge < -0.3 is 10.2 Å². The first-order valence-electron chi connectivity index (χ1n) is 6.08. The predicted molar refractivity (Wildman–Crippen MR) is 81.5 cm³/mol. The van der Waals surface area contributed by atoms with Gasteiger partial charge in [0.2, 0.25) is 12.5 Å². The summed E-state index contributed by atoms with van der Waals surface area (Å²) in [6.45, 7) is 7.32. The van der Waals surface area contributed by atoms with E-state index in [1.807, 2.05) is 38.1 Å². The molecule has 1 rings (SSSR count). The van der Waals surface area contributed by atoms with E-state index in [2.05, 4.69) is 28.0 Å². The monoisotopic (exact) mass is 365 g/mol. The molecule has 0 aliphatic rings. The van der Waals surface area contributed by atoms with Gasteiger partial charge in [0.15, 0.2) is 0 Å². The first kappa shape index (κ1) is 15.7. The molecule has 0 heterocycles. The fourth-order valence-electron chi connectivity index (χ4n) is 2.27. The Morgan fingerprint density at radius 1 is 1.11 bits per heavy atom. The molecule has 102 valence electrons. The highest BCUT2D eigenvalue weighted by atomic mass is 127. The second-order valence-corrected chi connectivity index (χ2v) is 6.06. The van der Waals surface area contributed by atoms with Gasteiger partial charge in [-0.1, -0.05) is 6.07 Å². The van der Waals surface area contributed by atoms with Gasteiger partial charge in [0, 0.05) is 17.4 Å². The summed E-state index contributed by atoms with van der Waals surface area (Å²) >= 11 is 2.24. The number of aliphatic hydroxyl groups excluding tert-OH is 2. The summed E-state index contributed by atoms with van der Waals surface area (Å²) in [5, 5.41) is 20.2. The maximum Gasteiger partial charge on any atom is 0.212 e. The molecule has 0 saturated carbocycles. The van der Waals surface area contributed by atoms with E-state index < -0.39 is 12.5 Å². The van der Waals surface area contributed by atoms with Crippen molar-refractivity contribution in [2.75, 3.05) is 5.43 Å². The number of nitrogens with zero attached hydrogens (tertiary/aromatic N) is 1. The molecule has 0 bridgehead atoms. The lowest BCUT2D eigenvalue weighted by molar-refractivity contribution is -1.01. The molecule has 0 spiro atoms. The second kappa shape index (κ2) is 6.18. The topological polar surface area (TPSA) is 52.5 Å². The molecule has 3 N–H and O–H groups in total. The van der Waals surface area contributed by atoms with E-state index in [0.29, 0.717) is 0 Å². The Labute approximate surface area is 122 Å². The van der Waals surface area contributed by atoms with Gasteiger partial charge in [0.05, 0.1) is 5.69 Å². The minimum absolute atomic E-state index is 0.0140. The van der Waals surface area contributed by atoms with Crippen molar-refractivity contribution in [3.8, 4) is 0 Å². The predicted octanol–water partition coefficient (Wildman–Crippen LogP) is 2.52. The van der Waals surface area contributed by atoms with Gasteiger partial charge in [-0.2, -0.15) is 4.59 Å². The van der Waals surface area contributed by atoms with Crippen LogP contribution in [0.25, 0.3) is 0 Å². The number of hydrogen-bond donors (Lipinski definition) is 3. The van der Waals surface area contributed by atoms with E-state index in [0.717, 1.165) is 9.26 Å². The molecule has 0 aromatic heterocycles. The number of hydrogen-bond acceptors (Lipinski definition) is 3. The van der Waals surface area contributed by atoms with Crippen molar-refractivity contribution in [2.24, 2.45) is 0 Å². The lowest BCUT2D eigenvalue weighted by Crippen LogP contribution is -2.66. The molecule has 18 heavy (non-hydrogen) atoms. The summed E-state index contributed by atoms with van der Waals surface area (Å²) < 4.78 is 1.12. The van der Waals surface area contributed by atoms with E-state index in [9.17, 15) is 10.2 Å². The van der Waals surface area contributed by atoms with Crippen LogP contribution in [0.1, 0.15) is 27.7 Å². The Morgan fingerprint density at radius 2 is 1.67 bits per heavy atom. The minimum Gasteiger partial charge on any atom is -0.343 e. The van der Waals surface area contributed by atoms with Crippen molar-refractivity contribution < 1.29 is 14.8 Å². The van der Waals surface area contributed by atoms with Crippen LogP contribution in [0.3, 0.4) is 0 Å². The molecule has 0 radical (unpaired) electrons. The normalized spacial score (nSPS) is 18.2. The van der Waals surface area contributed by atoms with Gasteiger partial charge in [-0.15, -0.1) is 0 Å². The maximum atomic E-state index is 10.1. The zero-order valence-corrected chi connectivity index (χ0v) is 13.4. The van der Waals surface area contributed by atoms with Crippen LogP contribution in [0.5, 0.6) is 0 Å². The van der Waals surface area contributed by atoms with Crippen LogP contribution in [0, 0.1) is 3.57 Å². The second-order valence-electron chi connectivity index (χ2n) is 4.81. The molecule has 5 heteroatoms. The third-order valence-electron chi connectivity index (χ3n) is 3.24. The van der Waals surface area contributed by atoms with Crippen molar-refractivity contribution in [1.29, 1.82) is 0 Å².